The van der Waals surface area contributed by atoms with Crippen molar-refractivity contribution in [2.24, 2.45) is 0 Å². The van der Waals surface area contributed by atoms with Gasteiger partial charge in [-0.2, -0.15) is 0 Å². The highest BCUT2D eigenvalue weighted by molar-refractivity contribution is 9.11. The van der Waals surface area contributed by atoms with Crippen molar-refractivity contribution < 1.29 is 13.2 Å². The second kappa shape index (κ2) is 5.98. The number of benzene rings is 1. The normalized spacial score (nSPS) is 17.9. The molecule has 1 aliphatic heterocycles. The second-order valence-corrected chi connectivity index (χ2v) is 7.17. The maximum atomic E-state index is 12.2. The molecule has 1 saturated heterocycles. The number of sulfonamides is 1. The summed E-state index contributed by atoms with van der Waals surface area (Å²) in [5.74, 6) is 0. The van der Waals surface area contributed by atoms with Crippen molar-refractivity contribution >= 4 is 41.9 Å². The van der Waals surface area contributed by atoms with Crippen LogP contribution in [0.25, 0.3) is 0 Å². The van der Waals surface area contributed by atoms with Gasteiger partial charge < -0.3 is 4.74 Å². The third-order valence-electron chi connectivity index (χ3n) is 2.44. The van der Waals surface area contributed by atoms with Gasteiger partial charge in [-0.15, -0.1) is 4.83 Å². The number of morpholine rings is 1. The van der Waals surface area contributed by atoms with Crippen molar-refractivity contribution in [3.05, 3.63) is 27.1 Å². The molecule has 0 aromatic heterocycles. The number of nitrogens with zero attached hydrogens (tertiary/aromatic N) is 1. The largest absolute Gasteiger partial charge is 0.379 e. The van der Waals surface area contributed by atoms with Crippen molar-refractivity contribution in [3.63, 3.8) is 0 Å². The lowest BCUT2D eigenvalue weighted by Crippen LogP contribution is -2.48. The molecule has 0 atom stereocenters. The van der Waals surface area contributed by atoms with Crippen molar-refractivity contribution in [3.8, 4) is 0 Å². The van der Waals surface area contributed by atoms with Gasteiger partial charge in [0.2, 0.25) is 0 Å². The van der Waals surface area contributed by atoms with E-state index in [1.54, 1.807) is 23.2 Å². The fourth-order valence-electron chi connectivity index (χ4n) is 1.57. The Morgan fingerprint density at radius 2 is 1.89 bits per heavy atom. The van der Waals surface area contributed by atoms with Crippen LogP contribution in [0.2, 0.25) is 0 Å². The Kier molecular flexibility index (Phi) is 4.79. The highest BCUT2D eigenvalue weighted by Gasteiger charge is 2.22. The zero-order valence-corrected chi connectivity index (χ0v) is 13.4. The molecule has 1 aromatic carbocycles. The minimum atomic E-state index is -3.55. The van der Waals surface area contributed by atoms with Gasteiger partial charge in [-0.05, 0) is 34.1 Å². The Morgan fingerprint density at radius 3 is 2.50 bits per heavy atom. The van der Waals surface area contributed by atoms with E-state index < -0.39 is 10.0 Å². The van der Waals surface area contributed by atoms with Crippen LogP contribution < -0.4 is 4.83 Å². The number of nitrogens with one attached hydrogen (secondary N) is 1. The first kappa shape index (κ1) is 14.4. The van der Waals surface area contributed by atoms with E-state index in [0.717, 1.165) is 4.47 Å². The van der Waals surface area contributed by atoms with Gasteiger partial charge >= 0.3 is 0 Å². The van der Waals surface area contributed by atoms with Crippen LogP contribution >= 0.6 is 31.9 Å². The molecule has 1 aromatic rings. The molecule has 1 aliphatic rings. The van der Waals surface area contributed by atoms with Crippen LogP contribution in [0.15, 0.2) is 32.0 Å². The van der Waals surface area contributed by atoms with E-state index in [0.29, 0.717) is 30.8 Å². The zero-order valence-electron chi connectivity index (χ0n) is 9.40. The Labute approximate surface area is 123 Å². The van der Waals surface area contributed by atoms with Gasteiger partial charge in [0.25, 0.3) is 10.0 Å². The molecular formula is C10H12Br2N2O3S. The summed E-state index contributed by atoms with van der Waals surface area (Å²) in [7, 11) is -3.55. The van der Waals surface area contributed by atoms with Gasteiger partial charge in [0.1, 0.15) is 0 Å². The molecular weight excluding hydrogens is 388 g/mol. The molecule has 0 spiro atoms. The van der Waals surface area contributed by atoms with E-state index in [9.17, 15) is 8.42 Å². The molecule has 0 unspecified atom stereocenters. The summed E-state index contributed by atoms with van der Waals surface area (Å²) in [6.45, 7) is 2.16. The Balaban J connectivity index is 2.19. The summed E-state index contributed by atoms with van der Waals surface area (Å²) < 4.78 is 30.9. The maximum absolute atomic E-state index is 12.2. The van der Waals surface area contributed by atoms with Crippen LogP contribution in [0, 0.1) is 0 Å². The standard InChI is InChI=1S/C10H12Br2N2O3S/c11-8-1-2-10(9(12)7-8)18(15,16)13-14-3-5-17-6-4-14/h1-2,7,13H,3-6H2. The topological polar surface area (TPSA) is 58.6 Å². The number of rotatable bonds is 3. The molecule has 0 aliphatic carbocycles. The summed E-state index contributed by atoms with van der Waals surface area (Å²) in [5, 5.41) is 1.65. The van der Waals surface area contributed by atoms with Crippen molar-refractivity contribution in [2.45, 2.75) is 4.90 Å². The van der Waals surface area contributed by atoms with E-state index in [2.05, 4.69) is 36.7 Å². The highest BCUT2D eigenvalue weighted by Crippen LogP contribution is 2.25. The first-order valence-electron chi connectivity index (χ1n) is 5.29. The molecule has 8 heteroatoms. The first-order valence-corrected chi connectivity index (χ1v) is 8.36. The molecule has 0 amide bonds. The molecule has 1 heterocycles. The number of hydrogen-bond acceptors (Lipinski definition) is 4. The molecule has 1 fully saturated rings. The van der Waals surface area contributed by atoms with E-state index >= 15 is 0 Å². The lowest BCUT2D eigenvalue weighted by Gasteiger charge is -2.26. The summed E-state index contributed by atoms with van der Waals surface area (Å²) in [6.07, 6.45) is 0. The van der Waals surface area contributed by atoms with Gasteiger partial charge in [-0.25, -0.2) is 13.4 Å². The number of hydrazine groups is 1. The minimum absolute atomic E-state index is 0.220. The quantitative estimate of drug-likeness (QED) is 0.840. The van der Waals surface area contributed by atoms with Crippen LogP contribution in [0.3, 0.4) is 0 Å². The Hall–Kier alpha value is 0.01000. The molecule has 5 nitrogen and oxygen atoms in total. The third kappa shape index (κ3) is 3.52. The van der Waals surface area contributed by atoms with Crippen LogP contribution in [0.1, 0.15) is 0 Å². The van der Waals surface area contributed by atoms with Crippen LogP contribution in [0.4, 0.5) is 0 Å². The lowest BCUT2D eigenvalue weighted by molar-refractivity contribution is 0.0272. The van der Waals surface area contributed by atoms with Gasteiger partial charge in [0, 0.05) is 22.0 Å². The van der Waals surface area contributed by atoms with Gasteiger partial charge in [0.05, 0.1) is 18.1 Å². The average Bonchev–Trinajstić information content (AvgIpc) is 2.29. The predicted molar refractivity (Wildman–Crippen MR) is 74.6 cm³/mol. The number of hydrogen-bond donors (Lipinski definition) is 1. The second-order valence-electron chi connectivity index (χ2n) is 3.77. The maximum Gasteiger partial charge on any atom is 0.254 e. The Morgan fingerprint density at radius 1 is 1.22 bits per heavy atom. The van der Waals surface area contributed by atoms with Crippen molar-refractivity contribution in [1.82, 2.24) is 9.84 Å². The van der Waals surface area contributed by atoms with Crippen molar-refractivity contribution in [2.75, 3.05) is 26.3 Å². The zero-order chi connectivity index (χ0) is 13.2. The highest BCUT2D eigenvalue weighted by atomic mass is 79.9. The fourth-order valence-corrected chi connectivity index (χ4v) is 4.44. The summed E-state index contributed by atoms with van der Waals surface area (Å²) in [6, 6.07) is 4.95. The smallest absolute Gasteiger partial charge is 0.254 e. The summed E-state index contributed by atoms with van der Waals surface area (Å²) in [5.41, 5.74) is 0. The lowest BCUT2D eigenvalue weighted by atomic mass is 10.4. The summed E-state index contributed by atoms with van der Waals surface area (Å²) >= 11 is 6.54. The molecule has 2 rings (SSSR count). The van der Waals surface area contributed by atoms with Crippen LogP contribution in [-0.2, 0) is 14.8 Å². The molecule has 0 bridgehead atoms. The van der Waals surface area contributed by atoms with Gasteiger partial charge in [-0.1, -0.05) is 15.9 Å². The van der Waals surface area contributed by atoms with Gasteiger partial charge in [0.15, 0.2) is 0 Å². The van der Waals surface area contributed by atoms with Crippen LogP contribution in [0.5, 0.6) is 0 Å². The van der Waals surface area contributed by atoms with E-state index in [1.165, 1.54) is 0 Å². The molecule has 18 heavy (non-hydrogen) atoms. The molecule has 0 saturated carbocycles. The third-order valence-corrected chi connectivity index (χ3v) is 5.29. The monoisotopic (exact) mass is 398 g/mol. The molecule has 1 N–H and O–H groups in total. The SMILES string of the molecule is O=S(=O)(NN1CCOCC1)c1ccc(Br)cc1Br. The Bertz CT molecular complexity index is 530. The number of ether oxygens (including phenoxy) is 1. The van der Waals surface area contributed by atoms with Crippen molar-refractivity contribution in [1.29, 1.82) is 0 Å². The predicted octanol–water partition coefficient (Wildman–Crippen LogP) is 1.74. The first-order chi connectivity index (χ1) is 8.49. The molecule has 0 radical (unpaired) electrons. The number of halogens is 2. The molecule has 100 valence electrons. The van der Waals surface area contributed by atoms with E-state index in [4.69, 9.17) is 4.74 Å². The average molecular weight is 400 g/mol. The van der Waals surface area contributed by atoms with Crippen LogP contribution in [-0.4, -0.2) is 39.7 Å². The fraction of sp³-hybridized carbons (Fsp3) is 0.400. The van der Waals surface area contributed by atoms with Gasteiger partial charge in [-0.3, -0.25) is 0 Å². The van der Waals surface area contributed by atoms with E-state index in [1.807, 2.05) is 0 Å². The minimum Gasteiger partial charge on any atom is -0.379 e. The summed E-state index contributed by atoms with van der Waals surface area (Å²) in [4.78, 5) is 2.77. The van der Waals surface area contributed by atoms with E-state index in [-0.39, 0.29) is 4.90 Å².